The van der Waals surface area contributed by atoms with Gasteiger partial charge >= 0.3 is 0 Å². The lowest BCUT2D eigenvalue weighted by Crippen LogP contribution is -2.37. The molecule has 0 amide bonds. The molecule has 4 heteroatoms. The maximum atomic E-state index is 14.2. The van der Waals surface area contributed by atoms with Crippen molar-refractivity contribution >= 4 is 11.4 Å². The second kappa shape index (κ2) is 8.19. The van der Waals surface area contributed by atoms with Crippen LogP contribution in [-0.2, 0) is 0 Å². The smallest absolute Gasteiger partial charge is 0.128 e. The van der Waals surface area contributed by atoms with Gasteiger partial charge in [-0.15, -0.1) is 0 Å². The van der Waals surface area contributed by atoms with E-state index in [0.29, 0.717) is 16.9 Å². The highest BCUT2D eigenvalue weighted by Gasteiger charge is 2.26. The van der Waals surface area contributed by atoms with Crippen LogP contribution in [0.2, 0.25) is 0 Å². The molecule has 0 spiro atoms. The molecule has 0 radical (unpaired) electrons. The fourth-order valence-electron chi connectivity index (χ4n) is 4.53. The molecule has 0 aromatic heterocycles. The number of anilines is 2. The van der Waals surface area contributed by atoms with Crippen LogP contribution in [0.5, 0.6) is 0 Å². The van der Waals surface area contributed by atoms with Crippen molar-refractivity contribution in [1.29, 1.82) is 0 Å². The van der Waals surface area contributed by atoms with Crippen molar-refractivity contribution in [3.05, 3.63) is 23.5 Å². The first-order chi connectivity index (χ1) is 11.6. The number of halogens is 1. The molecule has 1 aliphatic carbocycles. The Morgan fingerprint density at radius 2 is 1.54 bits per heavy atom. The molecular weight excluding hydrogens is 301 g/mol. The third kappa shape index (κ3) is 4.21. The van der Waals surface area contributed by atoms with Crippen LogP contribution < -0.4 is 11.5 Å². The quantitative estimate of drug-likeness (QED) is 0.799. The van der Waals surface area contributed by atoms with Crippen molar-refractivity contribution in [2.24, 2.45) is 5.92 Å². The van der Waals surface area contributed by atoms with Crippen molar-refractivity contribution in [2.45, 2.75) is 63.7 Å². The first kappa shape index (κ1) is 17.5. The largest absolute Gasteiger partial charge is 0.397 e. The van der Waals surface area contributed by atoms with E-state index in [4.69, 9.17) is 11.5 Å². The monoisotopic (exact) mass is 333 g/mol. The van der Waals surface area contributed by atoms with Gasteiger partial charge in [-0.3, -0.25) is 0 Å². The van der Waals surface area contributed by atoms with E-state index in [2.05, 4.69) is 4.90 Å². The van der Waals surface area contributed by atoms with Crippen molar-refractivity contribution in [3.8, 4) is 0 Å². The second-order valence-corrected chi connectivity index (χ2v) is 7.75. The summed E-state index contributed by atoms with van der Waals surface area (Å²) in [5, 5.41) is 0. The predicted molar refractivity (Wildman–Crippen MR) is 99.4 cm³/mol. The zero-order valence-electron chi connectivity index (χ0n) is 14.8. The third-order valence-electron chi connectivity index (χ3n) is 6.00. The molecule has 1 saturated heterocycles. The fraction of sp³-hybridized carbons (Fsp3) is 0.700. The summed E-state index contributed by atoms with van der Waals surface area (Å²) in [4.78, 5) is 2.59. The summed E-state index contributed by atoms with van der Waals surface area (Å²) in [5.41, 5.74) is 13.5. The highest BCUT2D eigenvalue weighted by atomic mass is 19.1. The summed E-state index contributed by atoms with van der Waals surface area (Å²) >= 11 is 0. The zero-order chi connectivity index (χ0) is 16.9. The van der Waals surface area contributed by atoms with Crippen LogP contribution in [0.15, 0.2) is 12.1 Å². The molecule has 2 fully saturated rings. The van der Waals surface area contributed by atoms with E-state index in [1.807, 2.05) is 0 Å². The average molecular weight is 333 g/mol. The third-order valence-corrected chi connectivity index (χ3v) is 6.00. The number of nitrogen functional groups attached to an aromatic ring is 2. The average Bonchev–Trinajstić information content (AvgIpc) is 2.55. The van der Waals surface area contributed by atoms with Gasteiger partial charge in [0.2, 0.25) is 0 Å². The summed E-state index contributed by atoms with van der Waals surface area (Å²) in [5.74, 6) is 0.873. The molecule has 0 atom stereocenters. The topological polar surface area (TPSA) is 55.3 Å². The fourth-order valence-corrected chi connectivity index (χ4v) is 4.53. The predicted octanol–water partition coefficient (Wildman–Crippen LogP) is 4.53. The molecule has 1 saturated carbocycles. The van der Waals surface area contributed by atoms with E-state index in [1.54, 1.807) is 6.07 Å². The van der Waals surface area contributed by atoms with Gasteiger partial charge in [0.25, 0.3) is 0 Å². The van der Waals surface area contributed by atoms with E-state index in [1.165, 1.54) is 57.6 Å². The van der Waals surface area contributed by atoms with Gasteiger partial charge in [-0.05, 0) is 62.7 Å². The molecule has 1 aromatic carbocycles. The molecule has 3 rings (SSSR count). The number of piperidine rings is 1. The van der Waals surface area contributed by atoms with Crippen molar-refractivity contribution in [3.63, 3.8) is 0 Å². The molecule has 4 N–H and O–H groups in total. The summed E-state index contributed by atoms with van der Waals surface area (Å²) in [6.45, 7) is 3.32. The summed E-state index contributed by atoms with van der Waals surface area (Å²) in [6.07, 6.45) is 11.8. The van der Waals surface area contributed by atoms with Gasteiger partial charge in [0.15, 0.2) is 0 Å². The Kier molecular flexibility index (Phi) is 5.99. The minimum absolute atomic E-state index is 0.194. The normalized spacial score (nSPS) is 22.2. The molecule has 2 aliphatic rings. The molecule has 134 valence electrons. The van der Waals surface area contributed by atoms with Crippen LogP contribution in [0, 0.1) is 11.7 Å². The first-order valence-corrected chi connectivity index (χ1v) is 9.71. The van der Waals surface area contributed by atoms with Crippen LogP contribution in [0.1, 0.15) is 69.3 Å². The van der Waals surface area contributed by atoms with Crippen molar-refractivity contribution in [1.82, 2.24) is 4.90 Å². The lowest BCUT2D eigenvalue weighted by molar-refractivity contribution is 0.168. The maximum absolute atomic E-state index is 14.2. The van der Waals surface area contributed by atoms with Gasteiger partial charge in [0.1, 0.15) is 5.82 Å². The van der Waals surface area contributed by atoms with Crippen LogP contribution in [-0.4, -0.2) is 24.5 Å². The second-order valence-electron chi connectivity index (χ2n) is 7.75. The number of nitrogens with two attached hydrogens (primary N) is 2. The lowest BCUT2D eigenvalue weighted by Gasteiger charge is -2.35. The Morgan fingerprint density at radius 3 is 2.21 bits per heavy atom. The maximum Gasteiger partial charge on any atom is 0.128 e. The molecule has 1 aromatic rings. The summed E-state index contributed by atoms with van der Waals surface area (Å²) in [7, 11) is 0. The molecule has 24 heavy (non-hydrogen) atoms. The summed E-state index contributed by atoms with van der Waals surface area (Å²) in [6, 6.07) is 3.03. The summed E-state index contributed by atoms with van der Waals surface area (Å²) < 4.78 is 14.2. The number of hydrogen-bond donors (Lipinski definition) is 2. The van der Waals surface area contributed by atoms with E-state index in [-0.39, 0.29) is 11.7 Å². The number of rotatable bonds is 3. The Morgan fingerprint density at radius 1 is 0.917 bits per heavy atom. The SMILES string of the molecule is Nc1ccc(F)c(C2CCN(CC3CCCCCCC3)CC2)c1N. The van der Waals surface area contributed by atoms with Gasteiger partial charge in [0.05, 0.1) is 11.4 Å². The van der Waals surface area contributed by atoms with Gasteiger partial charge in [0, 0.05) is 12.1 Å². The molecule has 1 heterocycles. The Hall–Kier alpha value is -1.29. The number of hydrogen-bond acceptors (Lipinski definition) is 3. The van der Waals surface area contributed by atoms with Gasteiger partial charge in [-0.25, -0.2) is 4.39 Å². The van der Waals surface area contributed by atoms with Crippen molar-refractivity contribution < 1.29 is 4.39 Å². The van der Waals surface area contributed by atoms with Gasteiger partial charge in [-0.1, -0.05) is 32.1 Å². The van der Waals surface area contributed by atoms with Crippen LogP contribution in [0.25, 0.3) is 0 Å². The first-order valence-electron chi connectivity index (χ1n) is 9.71. The Bertz CT molecular complexity index is 530. The molecular formula is C20H32FN3. The van der Waals surface area contributed by atoms with E-state index >= 15 is 0 Å². The molecule has 0 unspecified atom stereocenters. The van der Waals surface area contributed by atoms with Crippen LogP contribution in [0.3, 0.4) is 0 Å². The van der Waals surface area contributed by atoms with E-state index in [9.17, 15) is 4.39 Å². The van der Waals surface area contributed by atoms with Crippen LogP contribution in [0.4, 0.5) is 15.8 Å². The molecule has 3 nitrogen and oxygen atoms in total. The van der Waals surface area contributed by atoms with Crippen LogP contribution >= 0.6 is 0 Å². The van der Waals surface area contributed by atoms with Gasteiger partial charge < -0.3 is 16.4 Å². The standard InChI is InChI=1S/C20H32FN3/c21-17-8-9-18(22)20(23)19(17)16-10-12-24(13-11-16)14-15-6-4-2-1-3-5-7-15/h8-9,15-16H,1-7,10-14,22-23H2. The Balaban J connectivity index is 1.55. The number of likely N-dealkylation sites (tertiary alicyclic amines) is 1. The molecule has 1 aliphatic heterocycles. The highest BCUT2D eigenvalue weighted by molar-refractivity contribution is 5.68. The van der Waals surface area contributed by atoms with Crippen molar-refractivity contribution in [2.75, 3.05) is 31.1 Å². The van der Waals surface area contributed by atoms with E-state index < -0.39 is 0 Å². The Labute approximate surface area is 145 Å². The minimum Gasteiger partial charge on any atom is -0.397 e. The number of benzene rings is 1. The lowest BCUT2D eigenvalue weighted by atomic mass is 9.86. The minimum atomic E-state index is -0.194. The van der Waals surface area contributed by atoms with E-state index in [0.717, 1.165) is 31.8 Å². The zero-order valence-corrected chi connectivity index (χ0v) is 14.8. The number of nitrogens with zero attached hydrogens (tertiary/aromatic N) is 1. The molecule has 0 bridgehead atoms. The highest BCUT2D eigenvalue weighted by Crippen LogP contribution is 2.36. The van der Waals surface area contributed by atoms with Gasteiger partial charge in [-0.2, -0.15) is 0 Å².